The van der Waals surface area contributed by atoms with Crippen molar-refractivity contribution < 1.29 is 5.11 Å². The van der Waals surface area contributed by atoms with Crippen molar-refractivity contribution in [2.75, 3.05) is 18.1 Å². The first-order chi connectivity index (χ1) is 10.4. The number of aliphatic hydroxyl groups excluding tert-OH is 1. The van der Waals surface area contributed by atoms with Crippen molar-refractivity contribution >= 4 is 5.95 Å². The second kappa shape index (κ2) is 6.68. The van der Waals surface area contributed by atoms with Crippen LogP contribution < -0.4 is 4.90 Å². The minimum Gasteiger partial charge on any atom is -0.394 e. The standard InChI is InChI=1S/C17H21N3O/c21-13-16-8-4-5-9-20(16)17-18-11-15(12-19-17)10-14-6-2-1-3-7-14/h1-3,6-7,11-12,16,21H,4-5,8-10,13H2. The summed E-state index contributed by atoms with van der Waals surface area (Å²) in [6, 6.07) is 10.5. The van der Waals surface area contributed by atoms with Crippen LogP contribution in [0.4, 0.5) is 5.95 Å². The Kier molecular flexibility index (Phi) is 4.46. The molecule has 1 aliphatic rings. The van der Waals surface area contributed by atoms with Crippen LogP contribution in [0.25, 0.3) is 0 Å². The molecule has 0 amide bonds. The molecule has 4 nitrogen and oxygen atoms in total. The highest BCUT2D eigenvalue weighted by molar-refractivity contribution is 5.33. The smallest absolute Gasteiger partial charge is 0.225 e. The Bertz CT molecular complexity index is 556. The molecule has 0 bridgehead atoms. The van der Waals surface area contributed by atoms with Crippen molar-refractivity contribution in [1.29, 1.82) is 0 Å². The average molecular weight is 283 g/mol. The molecule has 1 saturated heterocycles. The fourth-order valence-electron chi connectivity index (χ4n) is 2.87. The van der Waals surface area contributed by atoms with Crippen LogP contribution in [0.1, 0.15) is 30.4 Å². The molecule has 4 heteroatoms. The lowest BCUT2D eigenvalue weighted by Gasteiger charge is -2.34. The van der Waals surface area contributed by atoms with Crippen LogP contribution >= 0.6 is 0 Å². The van der Waals surface area contributed by atoms with E-state index in [0.29, 0.717) is 0 Å². The molecule has 3 rings (SSSR count). The van der Waals surface area contributed by atoms with Gasteiger partial charge in [-0.1, -0.05) is 30.3 Å². The first-order valence-electron chi connectivity index (χ1n) is 7.59. The molecule has 1 N–H and O–H groups in total. The summed E-state index contributed by atoms with van der Waals surface area (Å²) >= 11 is 0. The van der Waals surface area contributed by atoms with Gasteiger partial charge in [0.25, 0.3) is 0 Å². The Hall–Kier alpha value is -1.94. The number of aromatic nitrogens is 2. The highest BCUT2D eigenvalue weighted by Gasteiger charge is 2.23. The van der Waals surface area contributed by atoms with Crippen molar-refractivity contribution in [2.24, 2.45) is 0 Å². The van der Waals surface area contributed by atoms with E-state index in [2.05, 4.69) is 27.0 Å². The number of nitrogens with zero attached hydrogens (tertiary/aromatic N) is 3. The third-order valence-corrected chi connectivity index (χ3v) is 4.04. The lowest BCUT2D eigenvalue weighted by atomic mass is 10.0. The lowest BCUT2D eigenvalue weighted by Crippen LogP contribution is -2.42. The highest BCUT2D eigenvalue weighted by Crippen LogP contribution is 2.21. The molecule has 2 heterocycles. The van der Waals surface area contributed by atoms with Gasteiger partial charge < -0.3 is 10.0 Å². The van der Waals surface area contributed by atoms with Crippen LogP contribution in [0.2, 0.25) is 0 Å². The maximum absolute atomic E-state index is 9.47. The van der Waals surface area contributed by atoms with E-state index in [1.165, 1.54) is 12.0 Å². The Morgan fingerprint density at radius 1 is 1.05 bits per heavy atom. The highest BCUT2D eigenvalue weighted by atomic mass is 16.3. The fraction of sp³-hybridized carbons (Fsp3) is 0.412. The van der Waals surface area contributed by atoms with Gasteiger partial charge in [-0.05, 0) is 30.4 Å². The number of rotatable bonds is 4. The molecule has 1 aromatic carbocycles. The van der Waals surface area contributed by atoms with Crippen LogP contribution in [-0.2, 0) is 6.42 Å². The first-order valence-corrected chi connectivity index (χ1v) is 7.59. The number of aliphatic hydroxyl groups is 1. The van der Waals surface area contributed by atoms with Gasteiger partial charge in [-0.2, -0.15) is 0 Å². The zero-order chi connectivity index (χ0) is 14.5. The van der Waals surface area contributed by atoms with E-state index in [1.54, 1.807) is 0 Å². The summed E-state index contributed by atoms with van der Waals surface area (Å²) in [6.07, 6.45) is 7.99. The van der Waals surface area contributed by atoms with Crippen LogP contribution in [0, 0.1) is 0 Å². The summed E-state index contributed by atoms with van der Waals surface area (Å²) in [5, 5.41) is 9.47. The molecule has 0 aliphatic carbocycles. The summed E-state index contributed by atoms with van der Waals surface area (Å²) in [7, 11) is 0. The summed E-state index contributed by atoms with van der Waals surface area (Å²) in [5.41, 5.74) is 2.38. The third-order valence-electron chi connectivity index (χ3n) is 4.04. The van der Waals surface area contributed by atoms with Crippen molar-refractivity contribution in [1.82, 2.24) is 9.97 Å². The topological polar surface area (TPSA) is 49.2 Å². The van der Waals surface area contributed by atoms with Crippen LogP contribution in [0.5, 0.6) is 0 Å². The number of hydrogen-bond donors (Lipinski definition) is 1. The van der Waals surface area contributed by atoms with Gasteiger partial charge >= 0.3 is 0 Å². The normalized spacial score (nSPS) is 18.7. The Morgan fingerprint density at radius 3 is 2.52 bits per heavy atom. The molecule has 2 aromatic rings. The number of benzene rings is 1. The van der Waals surface area contributed by atoms with E-state index in [-0.39, 0.29) is 12.6 Å². The Balaban J connectivity index is 1.71. The summed E-state index contributed by atoms with van der Waals surface area (Å²) in [6.45, 7) is 1.11. The van der Waals surface area contributed by atoms with E-state index in [0.717, 1.165) is 37.3 Å². The van der Waals surface area contributed by atoms with Crippen LogP contribution in [-0.4, -0.2) is 34.3 Å². The van der Waals surface area contributed by atoms with Crippen molar-refractivity contribution in [3.63, 3.8) is 0 Å². The number of hydrogen-bond acceptors (Lipinski definition) is 4. The van der Waals surface area contributed by atoms with Crippen LogP contribution in [0.15, 0.2) is 42.7 Å². The molecule has 1 aliphatic heterocycles. The van der Waals surface area contributed by atoms with Gasteiger partial charge in [-0.3, -0.25) is 0 Å². The van der Waals surface area contributed by atoms with Gasteiger partial charge in [-0.25, -0.2) is 9.97 Å². The lowest BCUT2D eigenvalue weighted by molar-refractivity contribution is 0.239. The summed E-state index contributed by atoms with van der Waals surface area (Å²) in [5.74, 6) is 0.741. The fourth-order valence-corrected chi connectivity index (χ4v) is 2.87. The predicted molar refractivity (Wildman–Crippen MR) is 83.4 cm³/mol. The maximum atomic E-state index is 9.47. The van der Waals surface area contributed by atoms with Crippen molar-refractivity contribution in [3.8, 4) is 0 Å². The van der Waals surface area contributed by atoms with Crippen molar-refractivity contribution in [2.45, 2.75) is 31.7 Å². The van der Waals surface area contributed by atoms with Gasteiger partial charge in [0, 0.05) is 25.4 Å². The Labute approximate surface area is 125 Å². The van der Waals surface area contributed by atoms with E-state index in [9.17, 15) is 5.11 Å². The second-order valence-corrected chi connectivity index (χ2v) is 5.58. The molecule has 1 unspecified atom stereocenters. The molecule has 110 valence electrons. The molecular formula is C17H21N3O. The molecule has 0 spiro atoms. The van der Waals surface area contributed by atoms with Gasteiger partial charge in [-0.15, -0.1) is 0 Å². The number of anilines is 1. The maximum Gasteiger partial charge on any atom is 0.225 e. The van der Waals surface area contributed by atoms with Gasteiger partial charge in [0.1, 0.15) is 0 Å². The first kappa shape index (κ1) is 14.0. The van der Waals surface area contributed by atoms with Gasteiger partial charge in [0.05, 0.1) is 12.6 Å². The predicted octanol–water partition coefficient (Wildman–Crippen LogP) is 2.42. The largest absolute Gasteiger partial charge is 0.394 e. The van der Waals surface area contributed by atoms with E-state index in [1.807, 2.05) is 30.6 Å². The molecule has 1 atom stereocenters. The zero-order valence-electron chi connectivity index (χ0n) is 12.2. The molecule has 21 heavy (non-hydrogen) atoms. The molecule has 0 radical (unpaired) electrons. The van der Waals surface area contributed by atoms with Gasteiger partial charge in [0.15, 0.2) is 0 Å². The molecule has 1 fully saturated rings. The molecular weight excluding hydrogens is 262 g/mol. The quantitative estimate of drug-likeness (QED) is 0.936. The zero-order valence-corrected chi connectivity index (χ0v) is 12.2. The van der Waals surface area contributed by atoms with E-state index in [4.69, 9.17) is 0 Å². The van der Waals surface area contributed by atoms with E-state index < -0.39 is 0 Å². The summed E-state index contributed by atoms with van der Waals surface area (Å²) < 4.78 is 0. The van der Waals surface area contributed by atoms with Crippen molar-refractivity contribution in [3.05, 3.63) is 53.9 Å². The second-order valence-electron chi connectivity index (χ2n) is 5.58. The Morgan fingerprint density at radius 2 is 1.81 bits per heavy atom. The van der Waals surface area contributed by atoms with Gasteiger partial charge in [0.2, 0.25) is 5.95 Å². The third kappa shape index (κ3) is 3.39. The van der Waals surface area contributed by atoms with Crippen LogP contribution in [0.3, 0.4) is 0 Å². The van der Waals surface area contributed by atoms with E-state index >= 15 is 0 Å². The minimum atomic E-state index is 0.165. The average Bonchev–Trinajstić information content (AvgIpc) is 2.56. The molecule has 1 aromatic heterocycles. The number of piperidine rings is 1. The summed E-state index contributed by atoms with van der Waals surface area (Å²) in [4.78, 5) is 11.1. The minimum absolute atomic E-state index is 0.165. The monoisotopic (exact) mass is 283 g/mol. The SMILES string of the molecule is OCC1CCCCN1c1ncc(Cc2ccccc2)cn1. The molecule has 0 saturated carbocycles.